The maximum Gasteiger partial charge on any atom is 0.210 e. The molecule has 1 N–H and O–H groups in total. The summed E-state index contributed by atoms with van der Waals surface area (Å²) in [6, 6.07) is 14.8. The maximum atomic E-state index is 13.7. The molecule has 0 saturated heterocycles. The molecule has 2 aromatic carbocycles. The summed E-state index contributed by atoms with van der Waals surface area (Å²) >= 11 is 2.99. The minimum atomic E-state index is -0.353. The van der Waals surface area contributed by atoms with Gasteiger partial charge in [0.05, 0.1) is 7.11 Å². The lowest BCUT2D eigenvalue weighted by Crippen LogP contribution is -1.89. The Hall–Kier alpha value is -2.12. The van der Waals surface area contributed by atoms with Crippen LogP contribution in [0, 0.1) is 5.82 Å². The van der Waals surface area contributed by atoms with Gasteiger partial charge in [-0.25, -0.2) is 4.39 Å². The predicted octanol–water partition coefficient (Wildman–Crippen LogP) is 4.72. The van der Waals surface area contributed by atoms with Crippen molar-refractivity contribution in [2.45, 2.75) is 10.1 Å². The lowest BCUT2D eigenvalue weighted by Gasteiger charge is -2.03. The lowest BCUT2D eigenvalue weighted by atomic mass is 10.2. The van der Waals surface area contributed by atoms with Crippen molar-refractivity contribution in [3.63, 3.8) is 0 Å². The summed E-state index contributed by atoms with van der Waals surface area (Å²) in [7, 11) is 1.45. The second-order valence-corrected chi connectivity index (χ2v) is 6.82. The molecule has 4 nitrogen and oxygen atoms in total. The van der Waals surface area contributed by atoms with Crippen LogP contribution in [0.3, 0.4) is 0 Å². The molecule has 3 aromatic rings. The van der Waals surface area contributed by atoms with Crippen molar-refractivity contribution in [1.29, 1.82) is 0 Å². The van der Waals surface area contributed by atoms with Crippen LogP contribution in [0.4, 0.5) is 15.2 Å². The first-order valence-corrected chi connectivity index (χ1v) is 8.65. The van der Waals surface area contributed by atoms with Gasteiger partial charge in [-0.2, -0.15) is 0 Å². The van der Waals surface area contributed by atoms with Gasteiger partial charge in [0.15, 0.2) is 15.9 Å². The third-order valence-electron chi connectivity index (χ3n) is 3.01. The smallest absolute Gasteiger partial charge is 0.210 e. The van der Waals surface area contributed by atoms with Crippen molar-refractivity contribution >= 4 is 33.9 Å². The minimum Gasteiger partial charge on any atom is -0.494 e. The van der Waals surface area contributed by atoms with E-state index in [4.69, 9.17) is 4.74 Å². The zero-order valence-electron chi connectivity index (χ0n) is 12.3. The number of hydrogen-bond acceptors (Lipinski definition) is 6. The van der Waals surface area contributed by atoms with E-state index in [0.29, 0.717) is 5.75 Å². The van der Waals surface area contributed by atoms with Crippen LogP contribution >= 0.6 is 23.1 Å². The summed E-state index contributed by atoms with van der Waals surface area (Å²) in [6.45, 7) is 0. The van der Waals surface area contributed by atoms with E-state index in [9.17, 15) is 4.39 Å². The van der Waals surface area contributed by atoms with Crippen LogP contribution in [0.25, 0.3) is 0 Å². The molecule has 0 amide bonds. The Labute approximate surface area is 141 Å². The molecule has 0 unspecified atom stereocenters. The van der Waals surface area contributed by atoms with Crippen LogP contribution in [0.5, 0.6) is 5.75 Å². The van der Waals surface area contributed by atoms with Crippen LogP contribution in [0.2, 0.25) is 0 Å². The van der Waals surface area contributed by atoms with Gasteiger partial charge in [-0.1, -0.05) is 47.4 Å². The number of thioether (sulfide) groups is 1. The van der Waals surface area contributed by atoms with Crippen molar-refractivity contribution in [3.8, 4) is 5.75 Å². The van der Waals surface area contributed by atoms with Crippen LogP contribution < -0.4 is 10.1 Å². The number of benzene rings is 2. The van der Waals surface area contributed by atoms with Gasteiger partial charge in [0.25, 0.3) is 0 Å². The minimum absolute atomic E-state index is 0.254. The monoisotopic (exact) mass is 347 g/mol. The largest absolute Gasteiger partial charge is 0.494 e. The molecule has 0 radical (unpaired) electrons. The highest BCUT2D eigenvalue weighted by molar-refractivity contribution is 8.00. The fourth-order valence-electron chi connectivity index (χ4n) is 1.91. The molecule has 0 aliphatic heterocycles. The molecule has 0 spiro atoms. The summed E-state index contributed by atoms with van der Waals surface area (Å²) in [6.07, 6.45) is 0. The topological polar surface area (TPSA) is 47.0 Å². The number of anilines is 2. The van der Waals surface area contributed by atoms with Gasteiger partial charge >= 0.3 is 0 Å². The summed E-state index contributed by atoms with van der Waals surface area (Å²) in [5.74, 6) is 0.527. The summed E-state index contributed by atoms with van der Waals surface area (Å²) in [5, 5.41) is 12.2. The Kier molecular flexibility index (Phi) is 5.09. The number of aromatic nitrogens is 2. The predicted molar refractivity (Wildman–Crippen MR) is 92.1 cm³/mol. The number of nitrogens with one attached hydrogen (secondary N) is 1. The lowest BCUT2D eigenvalue weighted by molar-refractivity contribution is 0.386. The van der Waals surface area contributed by atoms with E-state index in [2.05, 4.69) is 15.5 Å². The van der Waals surface area contributed by atoms with Crippen molar-refractivity contribution in [3.05, 3.63) is 59.9 Å². The molecule has 0 fully saturated rings. The Morgan fingerprint density at radius 3 is 2.74 bits per heavy atom. The highest BCUT2D eigenvalue weighted by atomic mass is 32.2. The molecule has 1 aromatic heterocycles. The number of para-hydroxylation sites is 1. The van der Waals surface area contributed by atoms with Crippen LogP contribution in [-0.4, -0.2) is 17.3 Å². The number of rotatable bonds is 6. The molecule has 0 aliphatic rings. The Morgan fingerprint density at radius 2 is 2.00 bits per heavy atom. The molecule has 0 aliphatic carbocycles. The van der Waals surface area contributed by atoms with Gasteiger partial charge in [0, 0.05) is 11.4 Å². The van der Waals surface area contributed by atoms with E-state index in [1.54, 1.807) is 6.07 Å². The summed E-state index contributed by atoms with van der Waals surface area (Å²) < 4.78 is 19.4. The van der Waals surface area contributed by atoms with Gasteiger partial charge in [0.1, 0.15) is 0 Å². The van der Waals surface area contributed by atoms with E-state index in [1.165, 1.54) is 36.3 Å². The van der Waals surface area contributed by atoms with Crippen LogP contribution in [0.15, 0.2) is 52.9 Å². The molecular weight excluding hydrogens is 333 g/mol. The molecule has 23 heavy (non-hydrogen) atoms. The number of methoxy groups -OCH3 is 1. The third kappa shape index (κ3) is 4.20. The Bertz CT molecular complexity index is 780. The zero-order valence-corrected chi connectivity index (χ0v) is 14.0. The molecule has 0 bridgehead atoms. The van der Waals surface area contributed by atoms with Gasteiger partial charge in [-0.3, -0.25) is 0 Å². The average molecular weight is 347 g/mol. The standard InChI is InChI=1S/C16H14FN3OS2/c1-21-14-8-7-11(9-13(14)17)10-22-16-20-19-15(23-16)18-12-5-3-2-4-6-12/h2-9H,10H2,1H3,(H,18,19). The van der Waals surface area contributed by atoms with E-state index in [-0.39, 0.29) is 11.6 Å². The molecule has 7 heteroatoms. The zero-order chi connectivity index (χ0) is 16.1. The average Bonchev–Trinajstić information content (AvgIpc) is 3.01. The normalized spacial score (nSPS) is 10.5. The van der Waals surface area contributed by atoms with Crippen molar-refractivity contribution < 1.29 is 9.13 Å². The molecule has 3 rings (SSSR count). The SMILES string of the molecule is COc1ccc(CSc2nnc(Nc3ccccc3)s2)cc1F. The Morgan fingerprint density at radius 1 is 1.17 bits per heavy atom. The van der Waals surface area contributed by atoms with Crippen LogP contribution in [0.1, 0.15) is 5.56 Å². The third-order valence-corrected chi connectivity index (χ3v) is 5.05. The number of nitrogens with zero attached hydrogens (tertiary/aromatic N) is 2. The fraction of sp³-hybridized carbons (Fsp3) is 0.125. The van der Waals surface area contributed by atoms with Crippen LogP contribution in [-0.2, 0) is 5.75 Å². The van der Waals surface area contributed by atoms with Crippen molar-refractivity contribution in [2.75, 3.05) is 12.4 Å². The summed E-state index contributed by atoms with van der Waals surface area (Å²) in [4.78, 5) is 0. The molecule has 1 heterocycles. The highest BCUT2D eigenvalue weighted by Crippen LogP contribution is 2.30. The molecule has 0 atom stereocenters. The molecular formula is C16H14FN3OS2. The first kappa shape index (κ1) is 15.8. The van der Waals surface area contributed by atoms with E-state index >= 15 is 0 Å². The van der Waals surface area contributed by atoms with Gasteiger partial charge in [0.2, 0.25) is 5.13 Å². The number of halogens is 1. The number of ether oxygens (including phenoxy) is 1. The second-order valence-electron chi connectivity index (χ2n) is 4.62. The molecule has 0 saturated carbocycles. The fourth-order valence-corrected chi connectivity index (χ4v) is 3.62. The summed E-state index contributed by atoms with van der Waals surface area (Å²) in [5.41, 5.74) is 1.85. The van der Waals surface area contributed by atoms with E-state index in [1.807, 2.05) is 36.4 Å². The maximum absolute atomic E-state index is 13.7. The first-order chi connectivity index (χ1) is 11.2. The first-order valence-electron chi connectivity index (χ1n) is 6.85. The van der Waals surface area contributed by atoms with Crippen molar-refractivity contribution in [2.24, 2.45) is 0 Å². The number of hydrogen-bond donors (Lipinski definition) is 1. The second kappa shape index (κ2) is 7.43. The Balaban J connectivity index is 1.60. The van der Waals surface area contributed by atoms with Crippen molar-refractivity contribution in [1.82, 2.24) is 10.2 Å². The van der Waals surface area contributed by atoms with Gasteiger partial charge in [-0.15, -0.1) is 10.2 Å². The van der Waals surface area contributed by atoms with Gasteiger partial charge in [-0.05, 0) is 29.8 Å². The molecule has 118 valence electrons. The highest BCUT2D eigenvalue weighted by Gasteiger charge is 2.07. The van der Waals surface area contributed by atoms with E-state index in [0.717, 1.165) is 20.7 Å². The quantitative estimate of drug-likeness (QED) is 0.654. The van der Waals surface area contributed by atoms with Gasteiger partial charge < -0.3 is 10.1 Å². The van der Waals surface area contributed by atoms with E-state index < -0.39 is 0 Å².